The number of thiol groups is 1. The van der Waals surface area contributed by atoms with Crippen LogP contribution in [0.1, 0.15) is 24.6 Å². The van der Waals surface area contributed by atoms with E-state index in [9.17, 15) is 0 Å². The first-order chi connectivity index (χ1) is 7.83. The first-order valence-corrected chi connectivity index (χ1v) is 6.79. The number of nitrogens with zero attached hydrogens (tertiary/aromatic N) is 1. The lowest BCUT2D eigenvalue weighted by molar-refractivity contribution is 0.810. The molecule has 1 heterocycles. The molecule has 0 aliphatic rings. The molecule has 0 atom stereocenters. The molecular formula is C13H15NS2. The van der Waals surface area contributed by atoms with Crippen molar-refractivity contribution >= 4 is 40.3 Å². The van der Waals surface area contributed by atoms with E-state index in [2.05, 4.69) is 42.7 Å². The molecule has 1 aromatic heterocycles. The van der Waals surface area contributed by atoms with E-state index >= 15 is 0 Å². The Bertz CT molecular complexity index is 500. The second-order valence-corrected chi connectivity index (χ2v) is 5.23. The molecule has 0 aliphatic heterocycles. The standard InChI is InChI=1S/C13H15NS2/c1-2-3-8-14-9-12-13(15)10-6-4-5-7-11(10)16-12/h4-7,9,15H,2-3,8H2,1H3. The lowest BCUT2D eigenvalue weighted by Gasteiger charge is -1.91. The number of thiophene rings is 1. The Morgan fingerprint density at radius 1 is 1.38 bits per heavy atom. The zero-order valence-electron chi connectivity index (χ0n) is 9.31. The van der Waals surface area contributed by atoms with Gasteiger partial charge in [-0.3, -0.25) is 4.99 Å². The van der Waals surface area contributed by atoms with Crippen LogP contribution in [0.5, 0.6) is 0 Å². The molecule has 3 heteroatoms. The van der Waals surface area contributed by atoms with Crippen molar-refractivity contribution < 1.29 is 0 Å². The second kappa shape index (κ2) is 5.51. The minimum atomic E-state index is 0.915. The van der Waals surface area contributed by atoms with E-state index in [0.717, 1.165) is 17.9 Å². The minimum Gasteiger partial charge on any atom is -0.292 e. The van der Waals surface area contributed by atoms with Gasteiger partial charge in [-0.25, -0.2) is 0 Å². The molecule has 84 valence electrons. The molecule has 2 rings (SSSR count). The highest BCUT2D eigenvalue weighted by Gasteiger charge is 2.05. The van der Waals surface area contributed by atoms with Gasteiger partial charge in [0.15, 0.2) is 0 Å². The summed E-state index contributed by atoms with van der Waals surface area (Å²) >= 11 is 6.32. The van der Waals surface area contributed by atoms with Gasteiger partial charge in [0.1, 0.15) is 0 Å². The number of rotatable bonds is 4. The molecule has 0 spiro atoms. The number of benzene rings is 1. The molecule has 0 radical (unpaired) electrons. The molecule has 0 bridgehead atoms. The van der Waals surface area contributed by atoms with Gasteiger partial charge in [0, 0.05) is 27.7 Å². The van der Waals surface area contributed by atoms with Gasteiger partial charge in [-0.2, -0.15) is 0 Å². The van der Waals surface area contributed by atoms with Crippen molar-refractivity contribution in [3.8, 4) is 0 Å². The third-order valence-electron chi connectivity index (χ3n) is 2.44. The summed E-state index contributed by atoms with van der Waals surface area (Å²) in [6, 6.07) is 8.34. The van der Waals surface area contributed by atoms with Gasteiger partial charge in [-0.1, -0.05) is 31.5 Å². The molecule has 2 aromatic rings. The molecule has 0 saturated carbocycles. The zero-order valence-corrected chi connectivity index (χ0v) is 11.0. The maximum absolute atomic E-state index is 4.56. The molecule has 0 fully saturated rings. The summed E-state index contributed by atoms with van der Waals surface area (Å²) in [5.41, 5.74) is 0. The first-order valence-electron chi connectivity index (χ1n) is 5.53. The summed E-state index contributed by atoms with van der Waals surface area (Å²) in [4.78, 5) is 6.65. The number of hydrogen-bond donors (Lipinski definition) is 1. The summed E-state index contributed by atoms with van der Waals surface area (Å²) in [6.45, 7) is 3.09. The van der Waals surface area contributed by atoms with Crippen molar-refractivity contribution in [2.24, 2.45) is 4.99 Å². The van der Waals surface area contributed by atoms with E-state index < -0.39 is 0 Å². The van der Waals surface area contributed by atoms with Crippen LogP contribution in [0.3, 0.4) is 0 Å². The van der Waals surface area contributed by atoms with Crippen LogP contribution in [0.25, 0.3) is 10.1 Å². The molecule has 0 unspecified atom stereocenters. The van der Waals surface area contributed by atoms with Crippen molar-refractivity contribution in [1.29, 1.82) is 0 Å². The van der Waals surface area contributed by atoms with Gasteiger partial charge in [-0.05, 0) is 12.5 Å². The molecule has 0 N–H and O–H groups in total. The molecule has 1 nitrogen and oxygen atoms in total. The van der Waals surface area contributed by atoms with Gasteiger partial charge < -0.3 is 0 Å². The monoisotopic (exact) mass is 249 g/mol. The van der Waals surface area contributed by atoms with Crippen LogP contribution in [0.4, 0.5) is 0 Å². The molecule has 1 aromatic carbocycles. The fourth-order valence-corrected chi connectivity index (χ4v) is 3.00. The van der Waals surface area contributed by atoms with Gasteiger partial charge in [0.2, 0.25) is 0 Å². The van der Waals surface area contributed by atoms with Crippen molar-refractivity contribution in [2.75, 3.05) is 6.54 Å². The Morgan fingerprint density at radius 3 is 2.94 bits per heavy atom. The Balaban J connectivity index is 2.24. The van der Waals surface area contributed by atoms with Crippen molar-refractivity contribution in [2.45, 2.75) is 24.7 Å². The number of aliphatic imine (C=N–C) groups is 1. The van der Waals surface area contributed by atoms with E-state index in [1.807, 2.05) is 12.3 Å². The van der Waals surface area contributed by atoms with Crippen molar-refractivity contribution in [1.82, 2.24) is 0 Å². The average Bonchev–Trinajstić information content (AvgIpc) is 2.63. The zero-order chi connectivity index (χ0) is 11.4. The van der Waals surface area contributed by atoms with Gasteiger partial charge in [0.05, 0.1) is 4.88 Å². The largest absolute Gasteiger partial charge is 0.292 e. The Kier molecular flexibility index (Phi) is 4.02. The van der Waals surface area contributed by atoms with Crippen LogP contribution in [-0.4, -0.2) is 12.8 Å². The van der Waals surface area contributed by atoms with Crippen LogP contribution < -0.4 is 0 Å². The SMILES string of the molecule is CCCCN=Cc1sc2ccccc2c1S. The third-order valence-corrected chi connectivity index (χ3v) is 4.18. The Morgan fingerprint density at radius 2 is 2.19 bits per heavy atom. The van der Waals surface area contributed by atoms with E-state index in [1.165, 1.54) is 21.4 Å². The first kappa shape index (κ1) is 11.7. The van der Waals surface area contributed by atoms with Crippen LogP contribution in [0, 0.1) is 0 Å². The molecule has 16 heavy (non-hydrogen) atoms. The number of fused-ring (bicyclic) bond motifs is 1. The predicted octanol–water partition coefficient (Wildman–Crippen LogP) is 4.41. The quantitative estimate of drug-likeness (QED) is 0.468. The molecule has 0 aliphatic carbocycles. The van der Waals surface area contributed by atoms with Gasteiger partial charge >= 0.3 is 0 Å². The van der Waals surface area contributed by atoms with Gasteiger partial charge in [0.25, 0.3) is 0 Å². The topological polar surface area (TPSA) is 12.4 Å². The Labute approximate surface area is 106 Å². The third kappa shape index (κ3) is 2.47. The van der Waals surface area contributed by atoms with E-state index in [1.54, 1.807) is 11.3 Å². The highest BCUT2D eigenvalue weighted by Crippen LogP contribution is 2.32. The predicted molar refractivity (Wildman–Crippen MR) is 76.4 cm³/mol. The number of unbranched alkanes of at least 4 members (excludes halogenated alkanes) is 1. The summed E-state index contributed by atoms with van der Waals surface area (Å²) in [5.74, 6) is 0. The van der Waals surface area contributed by atoms with E-state index in [-0.39, 0.29) is 0 Å². The van der Waals surface area contributed by atoms with Crippen LogP contribution in [-0.2, 0) is 0 Å². The van der Waals surface area contributed by atoms with Gasteiger partial charge in [-0.15, -0.1) is 24.0 Å². The highest BCUT2D eigenvalue weighted by molar-refractivity contribution is 7.81. The minimum absolute atomic E-state index is 0.915. The summed E-state index contributed by atoms with van der Waals surface area (Å²) in [6.07, 6.45) is 4.31. The lowest BCUT2D eigenvalue weighted by Crippen LogP contribution is -1.81. The number of hydrogen-bond acceptors (Lipinski definition) is 3. The van der Waals surface area contributed by atoms with Crippen molar-refractivity contribution in [3.63, 3.8) is 0 Å². The van der Waals surface area contributed by atoms with E-state index in [0.29, 0.717) is 0 Å². The Hall–Kier alpha value is -0.800. The molecular weight excluding hydrogens is 234 g/mol. The molecule has 0 saturated heterocycles. The summed E-state index contributed by atoms with van der Waals surface area (Å²) in [5, 5.41) is 1.23. The normalized spacial score (nSPS) is 11.6. The van der Waals surface area contributed by atoms with Crippen LogP contribution in [0.15, 0.2) is 34.2 Å². The fourth-order valence-electron chi connectivity index (χ4n) is 1.54. The molecule has 0 amide bonds. The summed E-state index contributed by atoms with van der Waals surface area (Å²) < 4.78 is 1.28. The summed E-state index contributed by atoms with van der Waals surface area (Å²) in [7, 11) is 0. The smallest absolute Gasteiger partial charge is 0.0594 e. The van der Waals surface area contributed by atoms with Crippen LogP contribution in [0.2, 0.25) is 0 Å². The average molecular weight is 249 g/mol. The van der Waals surface area contributed by atoms with E-state index in [4.69, 9.17) is 0 Å². The fraction of sp³-hybridized carbons (Fsp3) is 0.308. The highest BCUT2D eigenvalue weighted by atomic mass is 32.1. The maximum atomic E-state index is 4.56. The lowest BCUT2D eigenvalue weighted by atomic mass is 10.2. The van der Waals surface area contributed by atoms with Crippen LogP contribution >= 0.6 is 24.0 Å². The second-order valence-electron chi connectivity index (χ2n) is 3.70. The van der Waals surface area contributed by atoms with Crippen molar-refractivity contribution in [3.05, 3.63) is 29.1 Å². The maximum Gasteiger partial charge on any atom is 0.0594 e.